The normalized spacial score (nSPS) is 23.6. The quantitative estimate of drug-likeness (QED) is 0.0204. The van der Waals surface area contributed by atoms with E-state index in [-0.39, 0.29) is 12.5 Å². The molecule has 12 unspecified atom stereocenters. The molecule has 2 saturated heterocycles. The number of rotatable bonds is 58. The molecule has 2 aliphatic rings. The van der Waals surface area contributed by atoms with Crippen LogP contribution in [0.3, 0.4) is 0 Å². The van der Waals surface area contributed by atoms with Crippen LogP contribution in [0.5, 0.6) is 0 Å². The average Bonchev–Trinajstić information content (AvgIpc) is 1.58. The molecule has 1 amide bonds. The number of hydrogen-bond donors (Lipinski definition) is 9. The number of aliphatic hydroxyl groups is 8. The van der Waals surface area contributed by atoms with Crippen molar-refractivity contribution in [1.82, 2.24) is 5.32 Å². The second-order valence-corrected chi connectivity index (χ2v) is 25.0. The molecule has 14 heteroatoms. The van der Waals surface area contributed by atoms with Crippen LogP contribution in [0.2, 0.25) is 0 Å². The molecule has 2 rings (SSSR count). The summed E-state index contributed by atoms with van der Waals surface area (Å²) in [7, 11) is 0. The highest BCUT2D eigenvalue weighted by molar-refractivity contribution is 5.76. The highest BCUT2D eigenvalue weighted by Gasteiger charge is 2.51. The lowest BCUT2D eigenvalue weighted by molar-refractivity contribution is -0.359. The van der Waals surface area contributed by atoms with E-state index in [0.29, 0.717) is 12.8 Å². The number of aliphatic hydroxyl groups excluding tert-OH is 8. The van der Waals surface area contributed by atoms with Gasteiger partial charge in [-0.25, -0.2) is 0 Å². The van der Waals surface area contributed by atoms with Crippen LogP contribution < -0.4 is 5.32 Å². The Bertz CT molecular complexity index is 1930. The second kappa shape index (κ2) is 59.4. The van der Waals surface area contributed by atoms with Gasteiger partial charge in [-0.15, -0.1) is 0 Å². The van der Waals surface area contributed by atoms with Gasteiger partial charge in [-0.1, -0.05) is 290 Å². The molecule has 0 aromatic carbocycles. The summed E-state index contributed by atoms with van der Waals surface area (Å²) in [6.07, 6.45) is 68.2. The molecule has 0 radical (unpaired) electrons. The second-order valence-electron chi connectivity index (χ2n) is 25.0. The molecule has 0 bridgehead atoms. The van der Waals surface area contributed by atoms with Crippen LogP contribution in [-0.4, -0.2) is 140 Å². The Balaban J connectivity index is 1.59. The Morgan fingerprint density at radius 1 is 0.411 bits per heavy atom. The molecule has 14 nitrogen and oxygen atoms in total. The third-order valence-corrected chi connectivity index (χ3v) is 17.0. The first kappa shape index (κ1) is 82.7. The van der Waals surface area contributed by atoms with Crippen LogP contribution in [0.25, 0.3) is 0 Å². The third kappa shape index (κ3) is 42.8. The van der Waals surface area contributed by atoms with Gasteiger partial charge in [-0.3, -0.25) is 4.79 Å². The summed E-state index contributed by atoms with van der Waals surface area (Å²) >= 11 is 0. The molecule has 0 saturated carbocycles. The highest BCUT2D eigenvalue weighted by atomic mass is 16.7. The van der Waals surface area contributed by atoms with Gasteiger partial charge in [0.05, 0.1) is 32.0 Å². The van der Waals surface area contributed by atoms with Gasteiger partial charge in [0.2, 0.25) is 5.91 Å². The molecular weight excluding hydrogens is 1130 g/mol. The lowest BCUT2D eigenvalue weighted by Gasteiger charge is -2.46. The van der Waals surface area contributed by atoms with Gasteiger partial charge in [0.15, 0.2) is 12.6 Å². The zero-order chi connectivity index (χ0) is 65.2. The van der Waals surface area contributed by atoms with E-state index in [1.165, 1.54) is 128 Å². The maximum absolute atomic E-state index is 13.3. The zero-order valence-corrected chi connectivity index (χ0v) is 56.3. The van der Waals surface area contributed by atoms with Gasteiger partial charge in [-0.05, 0) is 83.5 Å². The predicted octanol–water partition coefficient (Wildman–Crippen LogP) is 15.1. The standard InChI is InChI=1S/C76H131NO13/c1-3-5-7-9-11-13-15-17-19-20-21-22-23-24-25-26-27-28-29-30-31-32-33-34-35-36-37-38-39-40-41-42-43-44-46-48-50-52-54-56-58-60-68(81)77-64(65(80)59-57-55-53-51-49-47-45-18-16-14-12-10-8-6-4-2)63-87-75-73(86)71(84)74(67(62-79)89-75)90-76-72(85)70(83)69(82)66(61-78)88-76/h5,7,11,13,17,19,21-22,24-25,27-28,30-31,33-34,36-37,64-67,69-76,78-80,82-86H,3-4,6,8-10,12,14-16,18,20,23,26,29,32,35,38-63H2,1-2H3,(H,77,81)/b7-5-,13-11-,19-17-,22-21-,25-24-,28-27-,31-30-,34-33-,37-36-. The Hall–Kier alpha value is -3.35. The first-order valence-electron chi connectivity index (χ1n) is 36.1. The van der Waals surface area contributed by atoms with Crippen LogP contribution in [0.4, 0.5) is 0 Å². The SMILES string of the molecule is CC/C=C\C/C=C\C/C=C\C/C=C\C/C=C\C/C=C\C/C=C\C/C=C\C/C=C\CCCCCCCCCCCCCCCC(=O)NC(COC1OC(CO)C(OC2OC(CO)C(O)C(O)C2O)C(O)C1O)C(O)CCCCCCCCCCCCCCCCC. The van der Waals surface area contributed by atoms with E-state index < -0.39 is 86.8 Å². The summed E-state index contributed by atoms with van der Waals surface area (Å²) in [6, 6.07) is -0.835. The number of allylic oxidation sites excluding steroid dienone is 18. The number of unbranched alkanes of at least 4 members (excludes halogenated alkanes) is 27. The van der Waals surface area contributed by atoms with Crippen LogP contribution in [0.1, 0.15) is 271 Å². The summed E-state index contributed by atoms with van der Waals surface area (Å²) < 4.78 is 22.9. The summed E-state index contributed by atoms with van der Waals surface area (Å²) in [5.41, 5.74) is 0. The molecule has 2 fully saturated rings. The van der Waals surface area contributed by atoms with Crippen molar-refractivity contribution in [1.29, 1.82) is 0 Å². The monoisotopic (exact) mass is 1270 g/mol. The van der Waals surface area contributed by atoms with E-state index in [1.54, 1.807) is 0 Å². The third-order valence-electron chi connectivity index (χ3n) is 17.0. The van der Waals surface area contributed by atoms with Crippen molar-refractivity contribution >= 4 is 5.91 Å². The van der Waals surface area contributed by atoms with Gasteiger partial charge in [0.25, 0.3) is 0 Å². The maximum Gasteiger partial charge on any atom is 0.220 e. The highest BCUT2D eigenvalue weighted by Crippen LogP contribution is 2.30. The fourth-order valence-corrected chi connectivity index (χ4v) is 11.3. The van der Waals surface area contributed by atoms with E-state index >= 15 is 0 Å². The molecule has 0 aromatic rings. The number of nitrogens with one attached hydrogen (secondary N) is 1. The molecule has 2 aliphatic heterocycles. The van der Waals surface area contributed by atoms with Crippen LogP contribution in [0.15, 0.2) is 109 Å². The van der Waals surface area contributed by atoms with Crippen LogP contribution >= 0.6 is 0 Å². The Kier molecular flexibility index (Phi) is 54.6. The molecule has 9 N–H and O–H groups in total. The maximum atomic E-state index is 13.3. The number of ether oxygens (including phenoxy) is 4. The summed E-state index contributed by atoms with van der Waals surface area (Å²) in [4.78, 5) is 13.3. The van der Waals surface area contributed by atoms with Crippen LogP contribution in [-0.2, 0) is 23.7 Å². The van der Waals surface area contributed by atoms with E-state index in [1.807, 2.05) is 0 Å². The Morgan fingerprint density at radius 3 is 1.18 bits per heavy atom. The molecular formula is C76H131NO13. The number of carbonyl (C=O) groups is 1. The van der Waals surface area contributed by atoms with Crippen molar-refractivity contribution in [3.8, 4) is 0 Å². The summed E-state index contributed by atoms with van der Waals surface area (Å²) in [5, 5.41) is 87.5. The first-order valence-corrected chi connectivity index (χ1v) is 36.1. The minimum Gasteiger partial charge on any atom is -0.394 e. The minimum atomic E-state index is -1.79. The fourth-order valence-electron chi connectivity index (χ4n) is 11.3. The van der Waals surface area contributed by atoms with Gasteiger partial charge in [0.1, 0.15) is 48.8 Å². The smallest absolute Gasteiger partial charge is 0.220 e. The van der Waals surface area contributed by atoms with Crippen molar-refractivity contribution in [2.45, 2.75) is 344 Å². The summed E-state index contributed by atoms with van der Waals surface area (Å²) in [6.45, 7) is 2.75. The average molecular weight is 1270 g/mol. The molecule has 12 atom stereocenters. The Labute approximate surface area is 546 Å². The van der Waals surface area contributed by atoms with Gasteiger partial charge >= 0.3 is 0 Å². The van der Waals surface area contributed by atoms with Crippen LogP contribution in [0, 0.1) is 0 Å². The van der Waals surface area contributed by atoms with E-state index in [0.717, 1.165) is 116 Å². The van der Waals surface area contributed by atoms with Gasteiger partial charge in [0, 0.05) is 6.42 Å². The van der Waals surface area contributed by atoms with Crippen molar-refractivity contribution in [3.63, 3.8) is 0 Å². The van der Waals surface area contributed by atoms with E-state index in [2.05, 4.69) is 129 Å². The minimum absolute atomic E-state index is 0.210. The largest absolute Gasteiger partial charge is 0.394 e. The topological polar surface area (TPSA) is 228 Å². The lowest BCUT2D eigenvalue weighted by atomic mass is 9.97. The molecule has 518 valence electrons. The molecule has 2 heterocycles. The van der Waals surface area contributed by atoms with Crippen molar-refractivity contribution in [3.05, 3.63) is 109 Å². The van der Waals surface area contributed by atoms with Gasteiger partial charge in [-0.2, -0.15) is 0 Å². The molecule has 90 heavy (non-hydrogen) atoms. The lowest BCUT2D eigenvalue weighted by Crippen LogP contribution is -2.65. The number of amides is 1. The van der Waals surface area contributed by atoms with E-state index in [4.69, 9.17) is 18.9 Å². The van der Waals surface area contributed by atoms with Gasteiger partial charge < -0.3 is 65.1 Å². The Morgan fingerprint density at radius 2 is 0.767 bits per heavy atom. The number of hydrogen-bond acceptors (Lipinski definition) is 13. The van der Waals surface area contributed by atoms with Crippen molar-refractivity contribution < 1.29 is 64.6 Å². The first-order chi connectivity index (χ1) is 44.1. The predicted molar refractivity (Wildman–Crippen MR) is 369 cm³/mol. The van der Waals surface area contributed by atoms with Crippen molar-refractivity contribution in [2.24, 2.45) is 0 Å². The molecule has 0 aromatic heterocycles. The molecule has 0 spiro atoms. The van der Waals surface area contributed by atoms with E-state index in [9.17, 15) is 45.6 Å². The fraction of sp³-hybridized carbons (Fsp3) is 0.750. The summed E-state index contributed by atoms with van der Waals surface area (Å²) in [5.74, 6) is -0.210. The number of carbonyl (C=O) groups excluding carboxylic acids is 1. The molecule has 0 aliphatic carbocycles. The zero-order valence-electron chi connectivity index (χ0n) is 56.3. The van der Waals surface area contributed by atoms with Crippen molar-refractivity contribution in [2.75, 3.05) is 19.8 Å².